The predicted molar refractivity (Wildman–Crippen MR) is 70.4 cm³/mol. The average molecular weight is 276 g/mol. The van der Waals surface area contributed by atoms with Crippen molar-refractivity contribution >= 4 is 18.4 Å². The van der Waals surface area contributed by atoms with E-state index in [0.717, 1.165) is 0 Å². The first-order valence-electron chi connectivity index (χ1n) is 5.28. The van der Waals surface area contributed by atoms with E-state index in [-0.39, 0.29) is 12.4 Å². The number of ether oxygens (including phenoxy) is 3. The van der Waals surface area contributed by atoms with E-state index in [4.69, 9.17) is 15.2 Å². The largest absolute Gasteiger partial charge is 0.493 e. The van der Waals surface area contributed by atoms with Gasteiger partial charge in [-0.2, -0.15) is 0 Å². The van der Waals surface area contributed by atoms with Gasteiger partial charge in [0.15, 0.2) is 11.5 Å². The molecule has 0 aliphatic heterocycles. The monoisotopic (exact) mass is 275 g/mol. The van der Waals surface area contributed by atoms with Crippen molar-refractivity contribution in [1.82, 2.24) is 0 Å². The highest BCUT2D eigenvalue weighted by Gasteiger charge is 2.18. The van der Waals surface area contributed by atoms with E-state index in [2.05, 4.69) is 4.74 Å². The van der Waals surface area contributed by atoms with Crippen molar-refractivity contribution in [2.75, 3.05) is 20.8 Å². The number of benzene rings is 1. The summed E-state index contributed by atoms with van der Waals surface area (Å²) in [5.74, 6) is 0.678. The van der Waals surface area contributed by atoms with E-state index in [9.17, 15) is 4.79 Å². The summed E-state index contributed by atoms with van der Waals surface area (Å²) in [4.78, 5) is 11.3. The highest BCUT2D eigenvalue weighted by Crippen LogP contribution is 2.30. The van der Waals surface area contributed by atoms with Crippen LogP contribution in [0.1, 0.15) is 18.5 Å². The quantitative estimate of drug-likeness (QED) is 0.828. The van der Waals surface area contributed by atoms with E-state index < -0.39 is 12.0 Å². The summed E-state index contributed by atoms with van der Waals surface area (Å²) in [6.07, 6.45) is 0. The van der Waals surface area contributed by atoms with Gasteiger partial charge in [0, 0.05) is 0 Å². The fourth-order valence-electron chi connectivity index (χ4n) is 1.42. The summed E-state index contributed by atoms with van der Waals surface area (Å²) in [7, 11) is 2.85. The van der Waals surface area contributed by atoms with Crippen LogP contribution in [0.2, 0.25) is 0 Å². The van der Waals surface area contributed by atoms with Gasteiger partial charge in [0.05, 0.1) is 20.8 Å². The van der Waals surface area contributed by atoms with E-state index >= 15 is 0 Å². The third kappa shape index (κ3) is 3.78. The Labute approximate surface area is 113 Å². The Kier molecular flexibility index (Phi) is 7.16. The average Bonchev–Trinajstić information content (AvgIpc) is 2.37. The zero-order chi connectivity index (χ0) is 12.8. The smallest absolute Gasteiger partial charge is 0.327 e. The van der Waals surface area contributed by atoms with E-state index in [1.165, 1.54) is 7.11 Å². The number of rotatable bonds is 5. The Hall–Kier alpha value is -1.46. The number of hydrogen-bond acceptors (Lipinski definition) is 5. The number of carbonyl (C=O) groups excluding carboxylic acids is 1. The molecule has 0 amide bonds. The van der Waals surface area contributed by atoms with Gasteiger partial charge in [0.1, 0.15) is 6.04 Å². The molecular weight excluding hydrogens is 258 g/mol. The summed E-state index contributed by atoms with van der Waals surface area (Å²) in [5, 5.41) is 0. The molecule has 5 nitrogen and oxygen atoms in total. The van der Waals surface area contributed by atoms with Crippen LogP contribution in [0.25, 0.3) is 0 Å². The number of carbonyl (C=O) groups is 1. The third-order valence-corrected chi connectivity index (χ3v) is 2.30. The Morgan fingerprint density at radius 1 is 1.33 bits per heavy atom. The Balaban J connectivity index is 0.00000289. The fourth-order valence-corrected chi connectivity index (χ4v) is 1.42. The van der Waals surface area contributed by atoms with Crippen molar-refractivity contribution in [2.45, 2.75) is 13.0 Å². The topological polar surface area (TPSA) is 70.8 Å². The van der Waals surface area contributed by atoms with Gasteiger partial charge in [-0.1, -0.05) is 6.07 Å². The van der Waals surface area contributed by atoms with Crippen LogP contribution in [-0.2, 0) is 9.53 Å². The minimum Gasteiger partial charge on any atom is -0.493 e. The lowest BCUT2D eigenvalue weighted by Gasteiger charge is -2.14. The van der Waals surface area contributed by atoms with Crippen molar-refractivity contribution in [3.63, 3.8) is 0 Å². The van der Waals surface area contributed by atoms with Crippen LogP contribution in [0.3, 0.4) is 0 Å². The van der Waals surface area contributed by atoms with Crippen LogP contribution in [0.4, 0.5) is 0 Å². The first-order valence-corrected chi connectivity index (χ1v) is 5.28. The van der Waals surface area contributed by atoms with E-state index in [1.807, 2.05) is 6.92 Å². The molecule has 0 saturated carbocycles. The van der Waals surface area contributed by atoms with Crippen LogP contribution in [0.15, 0.2) is 18.2 Å². The van der Waals surface area contributed by atoms with Gasteiger partial charge >= 0.3 is 5.97 Å². The van der Waals surface area contributed by atoms with Crippen LogP contribution in [-0.4, -0.2) is 26.8 Å². The lowest BCUT2D eigenvalue weighted by Crippen LogP contribution is -2.22. The highest BCUT2D eigenvalue weighted by molar-refractivity contribution is 5.85. The number of hydrogen-bond donors (Lipinski definition) is 1. The molecule has 2 N–H and O–H groups in total. The van der Waals surface area contributed by atoms with Gasteiger partial charge in [-0.05, 0) is 24.6 Å². The highest BCUT2D eigenvalue weighted by atomic mass is 35.5. The lowest BCUT2D eigenvalue weighted by atomic mass is 10.1. The van der Waals surface area contributed by atoms with Crippen LogP contribution in [0, 0.1) is 0 Å². The number of methoxy groups -OCH3 is 2. The molecule has 18 heavy (non-hydrogen) atoms. The number of halogens is 1. The van der Waals surface area contributed by atoms with Gasteiger partial charge in [0.25, 0.3) is 0 Å². The van der Waals surface area contributed by atoms with Gasteiger partial charge in [0.2, 0.25) is 0 Å². The second kappa shape index (κ2) is 7.79. The minimum atomic E-state index is -0.815. The summed E-state index contributed by atoms with van der Waals surface area (Å²) in [6.45, 7) is 2.37. The third-order valence-electron chi connectivity index (χ3n) is 2.30. The molecule has 1 aromatic rings. The Morgan fingerprint density at radius 2 is 2.00 bits per heavy atom. The second-order valence-corrected chi connectivity index (χ2v) is 3.34. The summed E-state index contributed by atoms with van der Waals surface area (Å²) < 4.78 is 15.1. The molecule has 0 spiro atoms. The zero-order valence-electron chi connectivity index (χ0n) is 10.6. The molecule has 0 aromatic heterocycles. The Morgan fingerprint density at radius 3 is 2.50 bits per heavy atom. The van der Waals surface area contributed by atoms with Crippen LogP contribution < -0.4 is 15.2 Å². The zero-order valence-corrected chi connectivity index (χ0v) is 11.5. The van der Waals surface area contributed by atoms with Crippen LogP contribution in [0.5, 0.6) is 11.5 Å². The van der Waals surface area contributed by atoms with Crippen molar-refractivity contribution < 1.29 is 19.0 Å². The van der Waals surface area contributed by atoms with Gasteiger partial charge in [-0.3, -0.25) is 4.79 Å². The molecule has 0 unspecified atom stereocenters. The molecule has 102 valence electrons. The maximum atomic E-state index is 11.3. The fraction of sp³-hybridized carbons (Fsp3) is 0.417. The molecule has 1 aromatic carbocycles. The SMILES string of the molecule is CCOc1cc([C@@H](N)C(=O)OC)ccc1OC.Cl. The molecule has 6 heteroatoms. The van der Waals surface area contributed by atoms with Crippen molar-refractivity contribution in [3.05, 3.63) is 23.8 Å². The van der Waals surface area contributed by atoms with Gasteiger partial charge < -0.3 is 19.9 Å². The summed E-state index contributed by atoms with van der Waals surface area (Å²) in [5.41, 5.74) is 6.36. The second-order valence-electron chi connectivity index (χ2n) is 3.34. The van der Waals surface area contributed by atoms with Crippen molar-refractivity contribution in [1.29, 1.82) is 0 Å². The first-order chi connectivity index (χ1) is 8.13. The summed E-state index contributed by atoms with van der Waals surface area (Å²) in [6, 6.07) is 4.29. The lowest BCUT2D eigenvalue weighted by molar-refractivity contribution is -0.142. The first kappa shape index (κ1) is 16.5. The Bertz CT molecular complexity index is 398. The minimum absolute atomic E-state index is 0. The van der Waals surface area contributed by atoms with Gasteiger partial charge in [-0.25, -0.2) is 0 Å². The van der Waals surface area contributed by atoms with Crippen molar-refractivity contribution in [3.8, 4) is 11.5 Å². The molecule has 1 rings (SSSR count). The standard InChI is InChI=1S/C12H17NO4.ClH/c1-4-17-10-7-8(5-6-9(10)15-2)11(13)12(14)16-3;/h5-7,11H,4,13H2,1-3H3;1H/t11-;/m1./s1. The van der Waals surface area contributed by atoms with E-state index in [0.29, 0.717) is 23.7 Å². The summed E-state index contributed by atoms with van der Waals surface area (Å²) >= 11 is 0. The van der Waals surface area contributed by atoms with E-state index in [1.54, 1.807) is 25.3 Å². The molecule has 0 saturated heterocycles. The maximum Gasteiger partial charge on any atom is 0.327 e. The normalized spacial score (nSPS) is 11.1. The number of esters is 1. The number of nitrogens with two attached hydrogens (primary N) is 1. The molecule has 0 aliphatic carbocycles. The maximum absolute atomic E-state index is 11.3. The molecule has 0 radical (unpaired) electrons. The molecule has 0 bridgehead atoms. The molecular formula is C12H18ClNO4. The van der Waals surface area contributed by atoms with Gasteiger partial charge in [-0.15, -0.1) is 12.4 Å². The molecule has 0 heterocycles. The molecule has 0 fully saturated rings. The molecule has 1 atom stereocenters. The molecule has 0 aliphatic rings. The van der Waals surface area contributed by atoms with Crippen molar-refractivity contribution in [2.24, 2.45) is 5.73 Å². The predicted octanol–water partition coefficient (Wildman–Crippen LogP) is 1.69. The van der Waals surface area contributed by atoms with Crippen LogP contribution >= 0.6 is 12.4 Å².